The third kappa shape index (κ3) is 7.05. The standard InChI is InChI=1S/C22H22N7O10PS/c1-4-38-20(30)18(24-23-14-10-6-7-11-15(14)28(32)33)40(36,37-3)26-22-27(25-19(41-22)21(31)39-5-2)16-12-8-9-13-17(16)29(34)35/h6-13,23H,4-5H2,1-3H3/b24-18+,26-22+. The second kappa shape index (κ2) is 13.5. The van der Waals surface area contributed by atoms with Gasteiger partial charge in [-0.3, -0.25) is 30.2 Å². The monoisotopic (exact) mass is 607 g/mol. The molecule has 1 atom stereocenters. The number of hydrogen-bond donors (Lipinski definition) is 1. The van der Waals surface area contributed by atoms with Crippen molar-refractivity contribution in [2.24, 2.45) is 9.86 Å². The van der Waals surface area contributed by atoms with E-state index in [9.17, 15) is 34.4 Å². The minimum absolute atomic E-state index is 0.0100. The molecule has 1 heterocycles. The zero-order valence-corrected chi connectivity index (χ0v) is 23.4. The lowest BCUT2D eigenvalue weighted by Gasteiger charge is -2.13. The third-order valence-corrected chi connectivity index (χ3v) is 7.68. The first-order valence-corrected chi connectivity index (χ1v) is 13.9. The second-order valence-corrected chi connectivity index (χ2v) is 10.4. The highest BCUT2D eigenvalue weighted by atomic mass is 32.1. The van der Waals surface area contributed by atoms with E-state index in [0.29, 0.717) is 11.3 Å². The van der Waals surface area contributed by atoms with Gasteiger partial charge in [-0.15, -0.1) is 5.10 Å². The number of nitrogens with zero attached hydrogens (tertiary/aromatic N) is 6. The number of anilines is 1. The number of benzene rings is 2. The van der Waals surface area contributed by atoms with E-state index in [1.54, 1.807) is 6.92 Å². The summed E-state index contributed by atoms with van der Waals surface area (Å²) in [5.41, 5.74) is 0.276. The van der Waals surface area contributed by atoms with Gasteiger partial charge in [0.25, 0.3) is 16.8 Å². The predicted octanol–water partition coefficient (Wildman–Crippen LogP) is 3.66. The van der Waals surface area contributed by atoms with Gasteiger partial charge in [0.1, 0.15) is 11.4 Å². The molecule has 0 aliphatic heterocycles. The Morgan fingerprint density at radius 2 is 1.63 bits per heavy atom. The van der Waals surface area contributed by atoms with Crippen molar-refractivity contribution in [1.29, 1.82) is 0 Å². The van der Waals surface area contributed by atoms with E-state index in [-0.39, 0.29) is 34.4 Å². The largest absolute Gasteiger partial charge is 0.461 e. The quantitative estimate of drug-likeness (QED) is 0.102. The number of esters is 2. The van der Waals surface area contributed by atoms with Crippen LogP contribution < -0.4 is 10.2 Å². The number of carbonyl (C=O) groups is 2. The minimum Gasteiger partial charge on any atom is -0.461 e. The number of hydrazone groups is 1. The van der Waals surface area contributed by atoms with E-state index in [2.05, 4.69) is 20.4 Å². The van der Waals surface area contributed by atoms with Gasteiger partial charge in [0.2, 0.25) is 9.81 Å². The summed E-state index contributed by atoms with van der Waals surface area (Å²) in [6.07, 6.45) is 0. The van der Waals surface area contributed by atoms with Crippen molar-refractivity contribution in [3.63, 3.8) is 0 Å². The Balaban J connectivity index is 2.28. The van der Waals surface area contributed by atoms with Gasteiger partial charge in [-0.2, -0.15) is 14.5 Å². The summed E-state index contributed by atoms with van der Waals surface area (Å²) >= 11 is 0.547. The summed E-state index contributed by atoms with van der Waals surface area (Å²) < 4.78 is 34.0. The average molecular weight is 607 g/mol. The van der Waals surface area contributed by atoms with Crippen molar-refractivity contribution < 1.29 is 38.0 Å². The lowest BCUT2D eigenvalue weighted by atomic mass is 10.3. The lowest BCUT2D eigenvalue weighted by molar-refractivity contribution is -0.384. The molecule has 0 saturated carbocycles. The van der Waals surface area contributed by atoms with Gasteiger partial charge in [0.15, 0.2) is 0 Å². The Morgan fingerprint density at radius 1 is 1.02 bits per heavy atom. The van der Waals surface area contributed by atoms with Crippen molar-refractivity contribution in [2.75, 3.05) is 25.7 Å². The Labute approximate surface area is 234 Å². The van der Waals surface area contributed by atoms with Crippen molar-refractivity contribution in [2.45, 2.75) is 13.8 Å². The van der Waals surface area contributed by atoms with E-state index >= 15 is 0 Å². The van der Waals surface area contributed by atoms with Crippen LogP contribution in [-0.4, -0.2) is 57.3 Å². The fourth-order valence-electron chi connectivity index (χ4n) is 3.12. The molecule has 216 valence electrons. The molecule has 41 heavy (non-hydrogen) atoms. The van der Waals surface area contributed by atoms with Crippen LogP contribution in [0.2, 0.25) is 0 Å². The predicted molar refractivity (Wildman–Crippen MR) is 145 cm³/mol. The Kier molecular flexibility index (Phi) is 10.1. The smallest absolute Gasteiger partial charge is 0.374 e. The zero-order chi connectivity index (χ0) is 30.2. The molecule has 0 radical (unpaired) electrons. The highest BCUT2D eigenvalue weighted by molar-refractivity contribution is 7.78. The van der Waals surface area contributed by atoms with Crippen molar-refractivity contribution in [3.8, 4) is 5.69 Å². The summed E-state index contributed by atoms with van der Waals surface area (Å²) in [6.45, 7) is 2.84. The summed E-state index contributed by atoms with van der Waals surface area (Å²) in [6, 6.07) is 10.7. The van der Waals surface area contributed by atoms with Crippen LogP contribution in [0.4, 0.5) is 17.1 Å². The lowest BCUT2D eigenvalue weighted by Crippen LogP contribution is -2.22. The normalized spacial score (nSPS) is 13.2. The average Bonchev–Trinajstić information content (AvgIpc) is 3.36. The number of nitro benzene ring substituents is 2. The van der Waals surface area contributed by atoms with Crippen molar-refractivity contribution >= 4 is 53.3 Å². The number of ether oxygens (including phenoxy) is 2. The van der Waals surface area contributed by atoms with Crippen LogP contribution in [0.3, 0.4) is 0 Å². The molecule has 0 aliphatic rings. The van der Waals surface area contributed by atoms with Crippen LogP contribution in [0.25, 0.3) is 5.69 Å². The fraction of sp³-hybridized carbons (Fsp3) is 0.227. The number of rotatable bonds is 12. The van der Waals surface area contributed by atoms with E-state index < -0.39 is 46.1 Å². The van der Waals surface area contributed by atoms with Crippen LogP contribution in [0.5, 0.6) is 0 Å². The first-order valence-electron chi connectivity index (χ1n) is 11.5. The molecule has 1 unspecified atom stereocenters. The van der Waals surface area contributed by atoms with Crippen LogP contribution >= 0.6 is 18.9 Å². The number of nitrogens with one attached hydrogen (secondary N) is 1. The summed E-state index contributed by atoms with van der Waals surface area (Å²) in [7, 11) is -3.77. The maximum Gasteiger partial charge on any atom is 0.374 e. The molecule has 0 bridgehead atoms. The molecule has 3 aromatic rings. The van der Waals surface area contributed by atoms with Crippen LogP contribution in [0.15, 0.2) is 58.4 Å². The molecule has 1 N–H and O–H groups in total. The Hall–Kier alpha value is -4.80. The van der Waals surface area contributed by atoms with E-state index in [1.165, 1.54) is 55.5 Å². The van der Waals surface area contributed by atoms with E-state index in [1.807, 2.05) is 0 Å². The third-order valence-electron chi connectivity index (χ3n) is 4.89. The molecule has 1 aromatic heterocycles. The van der Waals surface area contributed by atoms with Crippen molar-refractivity contribution in [1.82, 2.24) is 9.78 Å². The molecule has 0 aliphatic carbocycles. The first-order chi connectivity index (χ1) is 19.6. The Bertz CT molecular complexity index is 1630. The van der Waals surface area contributed by atoms with Gasteiger partial charge in [0, 0.05) is 19.2 Å². The summed E-state index contributed by atoms with van der Waals surface area (Å²) in [5, 5.41) is 30.6. The molecule has 0 saturated heterocycles. The second-order valence-electron chi connectivity index (χ2n) is 7.41. The van der Waals surface area contributed by atoms with Crippen molar-refractivity contribution in [3.05, 3.63) is 78.6 Å². The van der Waals surface area contributed by atoms with Crippen LogP contribution in [0, 0.1) is 20.2 Å². The van der Waals surface area contributed by atoms with Crippen LogP contribution in [-0.2, 0) is 23.4 Å². The maximum atomic E-state index is 14.0. The van der Waals surface area contributed by atoms with Gasteiger partial charge in [-0.1, -0.05) is 35.6 Å². The highest BCUT2D eigenvalue weighted by Crippen LogP contribution is 2.49. The number of nitro groups is 2. The van der Waals surface area contributed by atoms with Gasteiger partial charge >= 0.3 is 19.5 Å². The highest BCUT2D eigenvalue weighted by Gasteiger charge is 2.38. The van der Waals surface area contributed by atoms with E-state index in [4.69, 9.17) is 14.0 Å². The molecular weight excluding hydrogens is 585 g/mol. The SMILES string of the molecule is CCOC(=O)/C(=N\Nc1ccccc1[N+](=O)[O-])P(=O)(/N=c1/sc(C(=O)OCC)nn1-c1ccccc1[N+](=O)[O-])OC. The Morgan fingerprint density at radius 3 is 2.24 bits per heavy atom. The van der Waals surface area contributed by atoms with Gasteiger partial charge in [-0.05, 0) is 26.0 Å². The molecule has 0 fully saturated rings. The van der Waals surface area contributed by atoms with Gasteiger partial charge < -0.3 is 14.0 Å². The number of hydrogen-bond acceptors (Lipinski definition) is 14. The molecule has 17 nitrogen and oxygen atoms in total. The molecule has 2 aromatic carbocycles. The zero-order valence-electron chi connectivity index (χ0n) is 21.7. The van der Waals surface area contributed by atoms with Gasteiger partial charge in [0.05, 0.1) is 23.1 Å². The molecular formula is C22H22N7O10PS. The summed E-state index contributed by atoms with van der Waals surface area (Å²) in [4.78, 5) is 46.6. The minimum atomic E-state index is -4.72. The number of aromatic nitrogens is 2. The van der Waals surface area contributed by atoms with E-state index in [0.717, 1.165) is 11.8 Å². The summed E-state index contributed by atoms with van der Waals surface area (Å²) in [5.74, 6) is -2.13. The first kappa shape index (κ1) is 30.7. The number of carbonyl (C=O) groups excluding carboxylic acids is 2. The fourth-order valence-corrected chi connectivity index (χ4v) is 5.40. The molecule has 19 heteroatoms. The van der Waals surface area contributed by atoms with Crippen LogP contribution in [0.1, 0.15) is 23.6 Å². The van der Waals surface area contributed by atoms with Gasteiger partial charge in [-0.25, -0.2) is 9.59 Å². The topological polar surface area (TPSA) is 220 Å². The molecule has 0 spiro atoms. The maximum absolute atomic E-state index is 14.0. The number of para-hydroxylation sites is 4. The molecule has 3 rings (SSSR count). The molecule has 0 amide bonds.